The largest absolute Gasteiger partial charge is 0.327 e. The van der Waals surface area contributed by atoms with Crippen LogP contribution in [0, 0.1) is 5.92 Å². The van der Waals surface area contributed by atoms with Crippen LogP contribution < -0.4 is 5.73 Å². The minimum Gasteiger partial charge on any atom is -0.327 e. The van der Waals surface area contributed by atoms with Crippen molar-refractivity contribution in [2.24, 2.45) is 11.7 Å². The van der Waals surface area contributed by atoms with Crippen molar-refractivity contribution in [2.45, 2.75) is 76.8 Å². The lowest BCUT2D eigenvalue weighted by atomic mass is 9.84. The molecule has 17 heavy (non-hydrogen) atoms. The molecular weight excluding hydrogens is 208 g/mol. The second-order valence-corrected chi connectivity index (χ2v) is 6.09. The second-order valence-electron chi connectivity index (χ2n) is 6.09. The van der Waals surface area contributed by atoms with Crippen LogP contribution in [-0.4, -0.2) is 30.1 Å². The van der Waals surface area contributed by atoms with Gasteiger partial charge >= 0.3 is 0 Å². The van der Waals surface area contributed by atoms with Gasteiger partial charge in [-0.25, -0.2) is 0 Å². The van der Waals surface area contributed by atoms with Crippen molar-refractivity contribution < 1.29 is 0 Å². The number of nitrogens with two attached hydrogens (primary N) is 1. The van der Waals surface area contributed by atoms with Crippen molar-refractivity contribution in [2.75, 3.05) is 13.1 Å². The van der Waals surface area contributed by atoms with E-state index < -0.39 is 0 Å². The Bertz CT molecular complexity index is 211. The smallest absolute Gasteiger partial charge is 0.00952 e. The third kappa shape index (κ3) is 3.69. The first-order valence-corrected chi connectivity index (χ1v) is 7.81. The minimum atomic E-state index is 0.474. The molecule has 2 unspecified atom stereocenters. The van der Waals surface area contributed by atoms with Crippen LogP contribution in [-0.2, 0) is 0 Å². The van der Waals surface area contributed by atoms with Gasteiger partial charge in [-0.1, -0.05) is 39.0 Å². The molecule has 2 atom stereocenters. The summed E-state index contributed by atoms with van der Waals surface area (Å²) in [6.07, 6.45) is 12.6. The van der Waals surface area contributed by atoms with Gasteiger partial charge in [-0.2, -0.15) is 0 Å². The summed E-state index contributed by atoms with van der Waals surface area (Å²) in [6, 6.07) is 1.34. The van der Waals surface area contributed by atoms with Crippen LogP contribution in [0.25, 0.3) is 0 Å². The van der Waals surface area contributed by atoms with Gasteiger partial charge < -0.3 is 10.6 Å². The summed E-state index contributed by atoms with van der Waals surface area (Å²) in [6.45, 7) is 4.80. The van der Waals surface area contributed by atoms with Crippen molar-refractivity contribution in [1.29, 1.82) is 0 Å². The van der Waals surface area contributed by atoms with Crippen LogP contribution in [0.2, 0.25) is 0 Å². The second kappa shape index (κ2) is 6.75. The quantitative estimate of drug-likeness (QED) is 0.815. The van der Waals surface area contributed by atoms with Crippen LogP contribution in [0.1, 0.15) is 64.7 Å². The SMILES string of the molecule is CCN(CC1CCCCC1N)C1CCCCC1. The summed E-state index contributed by atoms with van der Waals surface area (Å²) in [5, 5.41) is 0. The molecule has 2 rings (SSSR count). The predicted octanol–water partition coefficient (Wildman–Crippen LogP) is 3.16. The van der Waals surface area contributed by atoms with E-state index in [9.17, 15) is 0 Å². The molecule has 0 heterocycles. The summed E-state index contributed by atoms with van der Waals surface area (Å²) in [7, 11) is 0. The Morgan fingerprint density at radius 2 is 1.59 bits per heavy atom. The van der Waals surface area contributed by atoms with Crippen molar-refractivity contribution in [3.63, 3.8) is 0 Å². The van der Waals surface area contributed by atoms with Gasteiger partial charge in [-0.05, 0) is 38.1 Å². The van der Waals surface area contributed by atoms with Gasteiger partial charge in [-0.3, -0.25) is 0 Å². The topological polar surface area (TPSA) is 29.3 Å². The monoisotopic (exact) mass is 238 g/mol. The van der Waals surface area contributed by atoms with Crippen molar-refractivity contribution in [3.8, 4) is 0 Å². The van der Waals surface area contributed by atoms with E-state index in [1.54, 1.807) is 0 Å². The Hall–Kier alpha value is -0.0800. The van der Waals surface area contributed by atoms with Gasteiger partial charge in [0.25, 0.3) is 0 Å². The molecule has 0 spiro atoms. The van der Waals surface area contributed by atoms with Crippen LogP contribution >= 0.6 is 0 Å². The van der Waals surface area contributed by atoms with E-state index in [4.69, 9.17) is 5.73 Å². The molecule has 2 N–H and O–H groups in total. The van der Waals surface area contributed by atoms with E-state index in [1.807, 2.05) is 0 Å². The third-order valence-electron chi connectivity index (χ3n) is 4.93. The van der Waals surface area contributed by atoms with Gasteiger partial charge in [0.05, 0.1) is 0 Å². The van der Waals surface area contributed by atoms with Crippen molar-refractivity contribution >= 4 is 0 Å². The molecule has 0 aromatic rings. The molecule has 2 aliphatic rings. The van der Waals surface area contributed by atoms with Crippen LogP contribution in [0.4, 0.5) is 0 Å². The molecule has 0 bridgehead atoms. The fourth-order valence-electron chi connectivity index (χ4n) is 3.75. The zero-order valence-corrected chi connectivity index (χ0v) is 11.5. The van der Waals surface area contributed by atoms with Crippen LogP contribution in [0.5, 0.6) is 0 Å². The lowest BCUT2D eigenvalue weighted by Crippen LogP contribution is -2.45. The van der Waals surface area contributed by atoms with Crippen LogP contribution in [0.15, 0.2) is 0 Å². The molecule has 0 aliphatic heterocycles. The zero-order valence-electron chi connectivity index (χ0n) is 11.5. The zero-order chi connectivity index (χ0) is 12.1. The molecule has 0 radical (unpaired) electrons. The maximum Gasteiger partial charge on any atom is 0.00952 e. The van der Waals surface area contributed by atoms with E-state index in [-0.39, 0.29) is 0 Å². The predicted molar refractivity (Wildman–Crippen MR) is 74.1 cm³/mol. The molecule has 2 fully saturated rings. The Balaban J connectivity index is 1.84. The highest BCUT2D eigenvalue weighted by molar-refractivity contribution is 4.83. The minimum absolute atomic E-state index is 0.474. The highest BCUT2D eigenvalue weighted by Crippen LogP contribution is 2.27. The van der Waals surface area contributed by atoms with Crippen LogP contribution in [0.3, 0.4) is 0 Å². The summed E-state index contributed by atoms with van der Waals surface area (Å²) in [5.41, 5.74) is 6.28. The van der Waals surface area contributed by atoms with E-state index in [0.29, 0.717) is 6.04 Å². The lowest BCUT2D eigenvalue weighted by Gasteiger charge is -2.38. The highest BCUT2D eigenvalue weighted by Gasteiger charge is 2.27. The van der Waals surface area contributed by atoms with Gasteiger partial charge in [0.15, 0.2) is 0 Å². The van der Waals surface area contributed by atoms with Gasteiger partial charge in [0.2, 0.25) is 0 Å². The first-order valence-electron chi connectivity index (χ1n) is 7.81. The molecule has 2 saturated carbocycles. The third-order valence-corrected chi connectivity index (χ3v) is 4.93. The Morgan fingerprint density at radius 1 is 0.941 bits per heavy atom. The first kappa shape index (κ1) is 13.4. The molecule has 0 aromatic heterocycles. The van der Waals surface area contributed by atoms with Gasteiger partial charge in [-0.15, -0.1) is 0 Å². The number of hydrogen-bond donors (Lipinski definition) is 1. The molecule has 0 saturated heterocycles. The Kier molecular flexibility index (Phi) is 5.30. The van der Waals surface area contributed by atoms with E-state index >= 15 is 0 Å². The first-order chi connectivity index (χ1) is 8.31. The number of hydrogen-bond acceptors (Lipinski definition) is 2. The summed E-state index contributed by atoms with van der Waals surface area (Å²) in [4.78, 5) is 2.73. The summed E-state index contributed by atoms with van der Waals surface area (Å²) >= 11 is 0. The maximum absolute atomic E-state index is 6.28. The fraction of sp³-hybridized carbons (Fsp3) is 1.00. The van der Waals surface area contributed by atoms with E-state index in [2.05, 4.69) is 11.8 Å². The molecule has 2 nitrogen and oxygen atoms in total. The van der Waals surface area contributed by atoms with Gasteiger partial charge in [0, 0.05) is 18.6 Å². The maximum atomic E-state index is 6.28. The standard InChI is InChI=1S/C15H30N2/c1-2-17(14-9-4-3-5-10-14)12-13-8-6-7-11-15(13)16/h13-15H,2-12,16H2,1H3. The Morgan fingerprint density at radius 3 is 2.24 bits per heavy atom. The molecule has 100 valence electrons. The average molecular weight is 238 g/mol. The number of nitrogens with zero attached hydrogens (tertiary/aromatic N) is 1. The molecule has 0 amide bonds. The van der Waals surface area contributed by atoms with Gasteiger partial charge in [0.1, 0.15) is 0 Å². The lowest BCUT2D eigenvalue weighted by molar-refractivity contribution is 0.119. The number of rotatable bonds is 4. The molecule has 2 heteroatoms. The molecule has 0 aromatic carbocycles. The van der Waals surface area contributed by atoms with Crippen molar-refractivity contribution in [1.82, 2.24) is 4.90 Å². The fourth-order valence-corrected chi connectivity index (χ4v) is 3.75. The molecular formula is C15H30N2. The average Bonchev–Trinajstić information content (AvgIpc) is 2.39. The van der Waals surface area contributed by atoms with Crippen molar-refractivity contribution in [3.05, 3.63) is 0 Å². The highest BCUT2D eigenvalue weighted by atomic mass is 15.2. The van der Waals surface area contributed by atoms with E-state index in [1.165, 1.54) is 70.9 Å². The summed E-state index contributed by atoms with van der Waals surface area (Å²) < 4.78 is 0. The normalized spacial score (nSPS) is 31.9. The van der Waals surface area contributed by atoms with E-state index in [0.717, 1.165) is 12.0 Å². The summed E-state index contributed by atoms with van der Waals surface area (Å²) in [5.74, 6) is 0.769. The molecule has 2 aliphatic carbocycles. The Labute approximate surface area is 107 Å².